The Morgan fingerprint density at radius 3 is 2.23 bits per heavy atom. The van der Waals surface area contributed by atoms with Crippen LogP contribution in [-0.2, 0) is 29.5 Å². The molecule has 0 aromatic carbocycles. The molecule has 9 nitrogen and oxygen atoms in total. The molecule has 0 aromatic heterocycles. The van der Waals surface area contributed by atoms with Gasteiger partial charge in [-0.15, -0.1) is 0 Å². The predicted molar refractivity (Wildman–Crippen MR) is 136 cm³/mol. The minimum atomic E-state index is -4.67. The van der Waals surface area contributed by atoms with Crippen molar-refractivity contribution in [3.8, 4) is 0 Å². The van der Waals surface area contributed by atoms with Gasteiger partial charge in [0.25, 0.3) is 0 Å². The van der Waals surface area contributed by atoms with Crippen molar-refractivity contribution in [3.05, 3.63) is 0 Å². The number of carbonyl (C=O) groups is 1. The largest absolute Gasteiger partial charge is 1.00 e. The van der Waals surface area contributed by atoms with E-state index in [1.54, 1.807) is 0 Å². The fourth-order valence-electron chi connectivity index (χ4n) is 9.41. The van der Waals surface area contributed by atoms with E-state index in [4.69, 9.17) is 4.18 Å². The predicted octanol–water partition coefficient (Wildman–Crippen LogP) is -2.42. The van der Waals surface area contributed by atoms with Crippen LogP contribution in [0.15, 0.2) is 0 Å². The first-order valence-electron chi connectivity index (χ1n) is 14.0. The van der Waals surface area contributed by atoms with Gasteiger partial charge in [-0.05, 0) is 111 Å². The minimum absolute atomic E-state index is 0. The number of hydrogen-bond acceptors (Lipinski definition) is 8. The Bertz CT molecular complexity index is 1070. The number of hydrogen-bond donors (Lipinski definition) is 1. The SMILES string of the molecule is C[C@H](CCC(=O)NCCS(=O)(=O)[O-])[C@H]1CCC2C3CC[C@@H]4C[C@H](OS(=O)(=O)[O-])CC[C@]4(C)C3CC[C@@]21C.[Na+].[Na+]. The molecule has 0 saturated heterocycles. The molecule has 4 aliphatic carbocycles. The average Bonchev–Trinajstić information content (AvgIpc) is 3.13. The van der Waals surface area contributed by atoms with Crippen LogP contribution >= 0.6 is 0 Å². The number of amides is 1. The number of fused-ring (bicyclic) bond motifs is 5. The molecule has 1 amide bonds. The Morgan fingerprint density at radius 1 is 0.949 bits per heavy atom. The van der Waals surface area contributed by atoms with E-state index in [9.17, 15) is 30.7 Å². The number of carbonyl (C=O) groups excluding carboxylic acids is 1. The van der Waals surface area contributed by atoms with Crippen LogP contribution < -0.4 is 64.4 Å². The molecule has 3 unspecified atom stereocenters. The van der Waals surface area contributed by atoms with Crippen LogP contribution in [0.5, 0.6) is 0 Å². The third-order valence-corrected chi connectivity index (χ3v) is 12.3. The van der Waals surface area contributed by atoms with Crippen molar-refractivity contribution in [2.45, 2.75) is 97.5 Å². The van der Waals surface area contributed by atoms with Crippen LogP contribution in [0.3, 0.4) is 0 Å². The van der Waals surface area contributed by atoms with Gasteiger partial charge >= 0.3 is 59.1 Å². The molecule has 214 valence electrons. The van der Waals surface area contributed by atoms with Gasteiger partial charge in [0.15, 0.2) is 0 Å². The van der Waals surface area contributed by atoms with Gasteiger partial charge in [0.2, 0.25) is 16.3 Å². The van der Waals surface area contributed by atoms with E-state index >= 15 is 0 Å². The van der Waals surface area contributed by atoms with E-state index in [2.05, 4.69) is 26.1 Å². The molecule has 0 radical (unpaired) electrons. The van der Waals surface area contributed by atoms with Crippen LogP contribution in [-0.4, -0.2) is 50.2 Å². The summed E-state index contributed by atoms with van der Waals surface area (Å²) in [7, 11) is -9.00. The van der Waals surface area contributed by atoms with Crippen molar-refractivity contribution in [1.29, 1.82) is 0 Å². The third kappa shape index (κ3) is 8.46. The monoisotopic (exact) mass is 607 g/mol. The summed E-state index contributed by atoms with van der Waals surface area (Å²) in [5.41, 5.74) is 0.407. The first-order valence-corrected chi connectivity index (χ1v) is 16.9. The van der Waals surface area contributed by atoms with Crippen molar-refractivity contribution in [3.63, 3.8) is 0 Å². The first-order chi connectivity index (χ1) is 17.1. The van der Waals surface area contributed by atoms with Gasteiger partial charge in [0, 0.05) is 13.0 Å². The van der Waals surface area contributed by atoms with Crippen LogP contribution in [0.2, 0.25) is 0 Å². The Hall–Kier alpha value is 1.25. The summed E-state index contributed by atoms with van der Waals surface area (Å²) < 4.78 is 70.5. The molecule has 4 saturated carbocycles. The molecule has 0 bridgehead atoms. The van der Waals surface area contributed by atoms with Crippen LogP contribution in [0.1, 0.15) is 91.4 Å². The van der Waals surface area contributed by atoms with Crippen molar-refractivity contribution < 1.29 is 94.0 Å². The van der Waals surface area contributed by atoms with E-state index in [1.165, 1.54) is 25.7 Å². The Morgan fingerprint density at radius 2 is 1.59 bits per heavy atom. The first kappa shape index (κ1) is 36.4. The van der Waals surface area contributed by atoms with Crippen molar-refractivity contribution in [2.24, 2.45) is 46.3 Å². The summed E-state index contributed by atoms with van der Waals surface area (Å²) in [6, 6.07) is 0. The fourth-order valence-corrected chi connectivity index (χ4v) is 10.3. The molecule has 1 N–H and O–H groups in total. The molecule has 4 fully saturated rings. The van der Waals surface area contributed by atoms with E-state index in [0.29, 0.717) is 54.8 Å². The minimum Gasteiger partial charge on any atom is -0.748 e. The van der Waals surface area contributed by atoms with Crippen LogP contribution in [0, 0.1) is 46.3 Å². The summed E-state index contributed by atoms with van der Waals surface area (Å²) in [6.07, 6.45) is 9.72. The second-order valence-corrected chi connectivity index (χ2v) is 15.4. The molecule has 0 aromatic rings. The van der Waals surface area contributed by atoms with Gasteiger partial charge in [0.1, 0.15) is 0 Å². The molecule has 39 heavy (non-hydrogen) atoms. The Balaban J connectivity index is 0.00000267. The van der Waals surface area contributed by atoms with E-state index in [-0.39, 0.29) is 82.4 Å². The molecular formula is C26H43NNa2O8S2. The third-order valence-electron chi connectivity index (χ3n) is 11.1. The molecule has 9 atom stereocenters. The van der Waals surface area contributed by atoms with Crippen molar-refractivity contribution in [1.82, 2.24) is 5.32 Å². The Labute approximate surface area is 279 Å². The number of nitrogens with one attached hydrogen (secondary N) is 1. The maximum absolute atomic E-state index is 12.2. The maximum Gasteiger partial charge on any atom is 1.00 e. The molecule has 13 heteroatoms. The summed E-state index contributed by atoms with van der Waals surface area (Å²) in [6.45, 7) is 6.96. The zero-order chi connectivity index (χ0) is 27.2. The number of rotatable bonds is 9. The summed E-state index contributed by atoms with van der Waals surface area (Å²) in [4.78, 5) is 12.2. The molecule has 4 rings (SSSR count). The zero-order valence-electron chi connectivity index (χ0n) is 24.3. The van der Waals surface area contributed by atoms with Gasteiger partial charge < -0.3 is 14.4 Å². The second-order valence-electron chi connectivity index (χ2n) is 12.9. The average molecular weight is 608 g/mol. The molecular weight excluding hydrogens is 564 g/mol. The van der Waals surface area contributed by atoms with E-state index in [0.717, 1.165) is 25.7 Å². The topological polar surface area (TPSA) is 153 Å². The normalized spacial score (nSPS) is 38.7. The fraction of sp³-hybridized carbons (Fsp3) is 0.962. The molecule has 4 aliphatic rings. The quantitative estimate of drug-likeness (QED) is 0.173. The smallest absolute Gasteiger partial charge is 0.748 e. The maximum atomic E-state index is 12.2. The molecule has 0 aliphatic heterocycles. The van der Waals surface area contributed by atoms with Gasteiger partial charge in [-0.25, -0.2) is 16.8 Å². The van der Waals surface area contributed by atoms with Gasteiger partial charge in [-0.2, -0.15) is 0 Å². The zero-order valence-corrected chi connectivity index (χ0v) is 29.9. The van der Waals surface area contributed by atoms with Gasteiger partial charge in [0.05, 0.1) is 22.0 Å². The second kappa shape index (κ2) is 13.9. The molecule has 0 heterocycles. The summed E-state index contributed by atoms with van der Waals surface area (Å²) in [5.74, 6) is 2.48. The van der Waals surface area contributed by atoms with Gasteiger partial charge in [-0.1, -0.05) is 20.8 Å². The van der Waals surface area contributed by atoms with Gasteiger partial charge in [-0.3, -0.25) is 8.98 Å². The van der Waals surface area contributed by atoms with E-state index < -0.39 is 32.4 Å². The summed E-state index contributed by atoms with van der Waals surface area (Å²) >= 11 is 0. The van der Waals surface area contributed by atoms with Crippen LogP contribution in [0.25, 0.3) is 0 Å². The standard InChI is InChI=1S/C26H45NO8S2.2Na/c1-17(4-9-24(28)27-14-15-36(29,30)31)21-7-8-22-20-6-5-18-16-19(35-37(32,33)34)10-12-25(18,2)23(20)11-13-26(21,22)3;;/h17-23H,4-16H2,1-3H3,(H,27,28)(H,29,30,31)(H,32,33,34);;/q;2*+1/p-2/t17-,18-,19-,20?,21-,22?,23?,25+,26-;;/m1../s1. The molecule has 0 spiro atoms. The van der Waals surface area contributed by atoms with Crippen LogP contribution in [0.4, 0.5) is 0 Å². The Kier molecular flexibility index (Phi) is 13.0. The summed E-state index contributed by atoms with van der Waals surface area (Å²) in [5, 5.41) is 2.56. The van der Waals surface area contributed by atoms with Crippen molar-refractivity contribution in [2.75, 3.05) is 12.3 Å². The van der Waals surface area contributed by atoms with E-state index in [1.807, 2.05) is 0 Å². The van der Waals surface area contributed by atoms with Crippen molar-refractivity contribution >= 4 is 26.4 Å².